The van der Waals surface area contributed by atoms with Crippen molar-refractivity contribution in [1.29, 1.82) is 5.26 Å². The number of ether oxygens (including phenoxy) is 1. The van der Waals surface area contributed by atoms with Gasteiger partial charge in [-0.05, 0) is 78.7 Å². The van der Waals surface area contributed by atoms with Crippen molar-refractivity contribution in [2.24, 2.45) is 17.3 Å². The number of benzene rings is 2. The molecule has 0 N–H and O–H groups in total. The fourth-order valence-electron chi connectivity index (χ4n) is 6.66. The van der Waals surface area contributed by atoms with Crippen LogP contribution in [0.5, 0.6) is 5.75 Å². The SMILES string of the molecule is C[C@]12CC[C@@H]3c4ccc(OC(=O)C[C@@H](C#N)c5ccccc5)cc4CC[C@H]3C1CCC2=O. The minimum absolute atomic E-state index is 0.0383. The third-order valence-corrected chi connectivity index (χ3v) is 8.37. The fraction of sp³-hybridized carbons (Fsp3) is 0.464. The average molecular weight is 428 g/mol. The maximum atomic E-state index is 12.5. The molecule has 0 heterocycles. The number of Topliss-reactive ketones (excluding diaryl/α,β-unsaturated/α-hetero) is 1. The predicted octanol–water partition coefficient (Wildman–Crippen LogP) is 5.71. The van der Waals surface area contributed by atoms with Gasteiger partial charge in [-0.15, -0.1) is 0 Å². The molecule has 3 aliphatic carbocycles. The van der Waals surface area contributed by atoms with Crippen LogP contribution in [0.1, 0.15) is 74.0 Å². The van der Waals surface area contributed by atoms with Crippen LogP contribution in [0.4, 0.5) is 0 Å². The molecule has 4 nitrogen and oxygen atoms in total. The molecule has 5 atom stereocenters. The minimum atomic E-state index is -0.507. The number of nitriles is 1. The van der Waals surface area contributed by atoms with Crippen molar-refractivity contribution in [3.8, 4) is 11.8 Å². The monoisotopic (exact) mass is 427 g/mol. The Balaban J connectivity index is 1.29. The number of esters is 1. The van der Waals surface area contributed by atoms with Crippen molar-refractivity contribution in [2.45, 2.75) is 63.7 Å². The van der Waals surface area contributed by atoms with Crippen LogP contribution in [0.2, 0.25) is 0 Å². The number of aryl methyl sites for hydroxylation is 1. The first-order valence-corrected chi connectivity index (χ1v) is 11.8. The zero-order chi connectivity index (χ0) is 22.3. The van der Waals surface area contributed by atoms with Crippen LogP contribution >= 0.6 is 0 Å². The highest BCUT2D eigenvalue weighted by Crippen LogP contribution is 2.59. The van der Waals surface area contributed by atoms with Crippen LogP contribution in [-0.2, 0) is 16.0 Å². The molecule has 0 aromatic heterocycles. The van der Waals surface area contributed by atoms with E-state index in [0.717, 1.165) is 44.1 Å². The lowest BCUT2D eigenvalue weighted by atomic mass is 9.55. The number of ketones is 1. The summed E-state index contributed by atoms with van der Waals surface area (Å²) in [6.45, 7) is 2.20. The van der Waals surface area contributed by atoms with E-state index in [-0.39, 0.29) is 17.8 Å². The molecule has 3 aliphatic rings. The van der Waals surface area contributed by atoms with E-state index in [1.165, 1.54) is 11.1 Å². The first-order chi connectivity index (χ1) is 15.5. The normalized spacial score (nSPS) is 29.2. The fourth-order valence-corrected chi connectivity index (χ4v) is 6.66. The number of rotatable bonds is 4. The molecule has 0 amide bonds. The van der Waals surface area contributed by atoms with Crippen molar-refractivity contribution >= 4 is 11.8 Å². The standard InChI is InChI=1S/C28H29NO3/c1-28-14-13-23-22-10-8-21(15-19(22)7-9-24(23)25(28)11-12-26(28)30)32-27(31)16-20(17-29)18-5-3-2-4-6-18/h2-6,8,10,15,20,23-25H,7,9,11-14,16H2,1H3/t20-,23+,24+,25?,28-/m0/s1. The number of carbonyl (C=O) groups excluding carboxylic acids is 2. The lowest BCUT2D eigenvalue weighted by molar-refractivity contribution is -0.134. The van der Waals surface area contributed by atoms with Gasteiger partial charge in [0.1, 0.15) is 11.5 Å². The van der Waals surface area contributed by atoms with Crippen molar-refractivity contribution in [2.75, 3.05) is 0 Å². The van der Waals surface area contributed by atoms with Crippen LogP contribution in [0.3, 0.4) is 0 Å². The van der Waals surface area contributed by atoms with Gasteiger partial charge in [0.05, 0.1) is 18.4 Å². The largest absolute Gasteiger partial charge is 0.426 e. The van der Waals surface area contributed by atoms with Gasteiger partial charge in [0.2, 0.25) is 0 Å². The number of hydrogen-bond donors (Lipinski definition) is 0. The molecule has 1 unspecified atom stereocenters. The second-order valence-electron chi connectivity index (χ2n) is 9.96. The first kappa shape index (κ1) is 20.9. The molecule has 164 valence electrons. The van der Waals surface area contributed by atoms with Gasteiger partial charge in [-0.2, -0.15) is 5.26 Å². The van der Waals surface area contributed by atoms with E-state index < -0.39 is 5.92 Å². The highest BCUT2D eigenvalue weighted by Gasteiger charge is 2.54. The average Bonchev–Trinajstić information content (AvgIpc) is 3.12. The second-order valence-corrected chi connectivity index (χ2v) is 9.96. The van der Waals surface area contributed by atoms with Gasteiger partial charge < -0.3 is 4.74 Å². The summed E-state index contributed by atoms with van der Waals surface area (Å²) < 4.78 is 5.64. The molecule has 2 saturated carbocycles. The molecule has 32 heavy (non-hydrogen) atoms. The Morgan fingerprint density at radius 2 is 1.97 bits per heavy atom. The summed E-state index contributed by atoms with van der Waals surface area (Å²) in [5.74, 6) is 1.76. The summed E-state index contributed by atoms with van der Waals surface area (Å²) in [6, 6.07) is 17.6. The molecule has 2 aromatic carbocycles. The summed E-state index contributed by atoms with van der Waals surface area (Å²) in [5, 5.41) is 9.48. The van der Waals surface area contributed by atoms with Gasteiger partial charge in [0.25, 0.3) is 0 Å². The number of nitrogens with zero attached hydrogens (tertiary/aromatic N) is 1. The third kappa shape index (κ3) is 3.54. The number of fused-ring (bicyclic) bond motifs is 5. The van der Waals surface area contributed by atoms with Crippen molar-refractivity contribution in [3.63, 3.8) is 0 Å². The van der Waals surface area contributed by atoms with E-state index in [4.69, 9.17) is 4.74 Å². The Morgan fingerprint density at radius 3 is 2.75 bits per heavy atom. The predicted molar refractivity (Wildman–Crippen MR) is 121 cm³/mol. The molecular formula is C28H29NO3. The molecule has 2 aromatic rings. The zero-order valence-electron chi connectivity index (χ0n) is 18.5. The summed E-state index contributed by atoms with van der Waals surface area (Å²) in [6.07, 6.45) is 5.96. The molecule has 0 radical (unpaired) electrons. The minimum Gasteiger partial charge on any atom is -0.426 e. The maximum Gasteiger partial charge on any atom is 0.312 e. The highest BCUT2D eigenvalue weighted by atomic mass is 16.5. The molecule has 4 heteroatoms. The van der Waals surface area contributed by atoms with E-state index in [1.807, 2.05) is 42.5 Å². The Bertz CT molecular complexity index is 1090. The Kier molecular flexibility index (Phi) is 5.37. The topological polar surface area (TPSA) is 67.2 Å². The summed E-state index contributed by atoms with van der Waals surface area (Å²) in [7, 11) is 0. The van der Waals surface area contributed by atoms with Gasteiger partial charge in [-0.25, -0.2) is 0 Å². The van der Waals surface area contributed by atoms with E-state index >= 15 is 0 Å². The van der Waals surface area contributed by atoms with E-state index in [0.29, 0.717) is 29.3 Å². The van der Waals surface area contributed by atoms with E-state index in [9.17, 15) is 14.9 Å². The van der Waals surface area contributed by atoms with Crippen LogP contribution in [0, 0.1) is 28.6 Å². The van der Waals surface area contributed by atoms with Crippen LogP contribution in [0.25, 0.3) is 0 Å². The van der Waals surface area contributed by atoms with Crippen LogP contribution in [-0.4, -0.2) is 11.8 Å². The quantitative estimate of drug-likeness (QED) is 0.463. The lowest BCUT2D eigenvalue weighted by Crippen LogP contribution is -2.42. The number of hydrogen-bond acceptors (Lipinski definition) is 4. The van der Waals surface area contributed by atoms with Crippen LogP contribution in [0.15, 0.2) is 48.5 Å². The lowest BCUT2D eigenvalue weighted by Gasteiger charge is -2.48. The summed E-state index contributed by atoms with van der Waals surface area (Å²) in [4.78, 5) is 25.1. The van der Waals surface area contributed by atoms with Gasteiger partial charge in [0, 0.05) is 11.8 Å². The van der Waals surface area contributed by atoms with Crippen molar-refractivity contribution in [1.82, 2.24) is 0 Å². The van der Waals surface area contributed by atoms with Crippen molar-refractivity contribution in [3.05, 3.63) is 65.2 Å². The van der Waals surface area contributed by atoms with Gasteiger partial charge >= 0.3 is 5.97 Å². The van der Waals surface area contributed by atoms with Gasteiger partial charge in [-0.3, -0.25) is 9.59 Å². The third-order valence-electron chi connectivity index (χ3n) is 8.37. The first-order valence-electron chi connectivity index (χ1n) is 11.8. The molecule has 5 rings (SSSR count). The molecule has 0 saturated heterocycles. The summed E-state index contributed by atoms with van der Waals surface area (Å²) in [5.41, 5.74) is 3.37. The highest BCUT2D eigenvalue weighted by molar-refractivity contribution is 5.87. The molecule has 2 fully saturated rings. The van der Waals surface area contributed by atoms with Gasteiger partial charge in [0.15, 0.2) is 0 Å². The van der Waals surface area contributed by atoms with E-state index in [1.54, 1.807) is 0 Å². The van der Waals surface area contributed by atoms with Gasteiger partial charge in [-0.1, -0.05) is 43.3 Å². The molecule has 0 aliphatic heterocycles. The zero-order valence-corrected chi connectivity index (χ0v) is 18.5. The smallest absolute Gasteiger partial charge is 0.312 e. The maximum absolute atomic E-state index is 12.5. The molecule has 0 bridgehead atoms. The number of carbonyl (C=O) groups is 2. The molecular weight excluding hydrogens is 398 g/mol. The molecule has 0 spiro atoms. The Hall–Kier alpha value is -2.93. The van der Waals surface area contributed by atoms with E-state index in [2.05, 4.69) is 19.1 Å². The summed E-state index contributed by atoms with van der Waals surface area (Å²) >= 11 is 0. The van der Waals surface area contributed by atoms with Crippen LogP contribution < -0.4 is 4.74 Å². The Morgan fingerprint density at radius 1 is 1.16 bits per heavy atom. The second kappa shape index (κ2) is 8.20. The Labute approximate surface area is 189 Å². The van der Waals surface area contributed by atoms with Crippen molar-refractivity contribution < 1.29 is 14.3 Å².